The minimum atomic E-state index is -1.39. The normalized spacial score (nSPS) is 15.9. The van der Waals surface area contributed by atoms with Crippen LogP contribution in [-0.2, 0) is 25.6 Å². The van der Waals surface area contributed by atoms with Gasteiger partial charge in [-0.1, -0.05) is 30.3 Å². The Bertz CT molecular complexity index is 725. The molecule has 0 aliphatic carbocycles. The van der Waals surface area contributed by atoms with Gasteiger partial charge in [0, 0.05) is 0 Å². The van der Waals surface area contributed by atoms with Gasteiger partial charge in [0.15, 0.2) is 0 Å². The monoisotopic (exact) mass is 408 g/mol. The second kappa shape index (κ2) is 11.1. The molecule has 0 spiro atoms. The number of hydrogen-bond donors (Lipinski definition) is 6. The zero-order valence-electron chi connectivity index (χ0n) is 16.6. The average molecular weight is 408 g/mol. The summed E-state index contributed by atoms with van der Waals surface area (Å²) in [6.45, 7) is 3.92. The van der Waals surface area contributed by atoms with Crippen molar-refractivity contribution in [1.82, 2.24) is 16.0 Å². The first-order valence-electron chi connectivity index (χ1n) is 9.14. The zero-order chi connectivity index (χ0) is 22.1. The van der Waals surface area contributed by atoms with E-state index in [0.29, 0.717) is 0 Å². The molecule has 29 heavy (non-hydrogen) atoms. The second-order valence-electron chi connectivity index (χ2n) is 6.82. The predicted molar refractivity (Wildman–Crippen MR) is 105 cm³/mol. The molecule has 5 unspecified atom stereocenters. The van der Waals surface area contributed by atoms with Gasteiger partial charge in [0.2, 0.25) is 17.7 Å². The summed E-state index contributed by atoms with van der Waals surface area (Å²) in [5.74, 6) is -3.40. The highest BCUT2D eigenvalue weighted by Gasteiger charge is 2.30. The fourth-order valence-electron chi connectivity index (χ4n) is 2.40. The van der Waals surface area contributed by atoms with Gasteiger partial charge in [-0.15, -0.1) is 0 Å². The molecule has 0 saturated carbocycles. The molecule has 0 bridgehead atoms. The van der Waals surface area contributed by atoms with E-state index in [2.05, 4.69) is 16.0 Å². The van der Waals surface area contributed by atoms with E-state index in [4.69, 9.17) is 10.8 Å². The van der Waals surface area contributed by atoms with Crippen molar-refractivity contribution in [3.05, 3.63) is 35.9 Å². The smallest absolute Gasteiger partial charge is 0.325 e. The SMILES string of the molecule is CC(NC(=O)C(NC(=O)C(C)NC(=O)C(N)Cc1ccccc1)C(C)O)C(=O)O. The van der Waals surface area contributed by atoms with Gasteiger partial charge < -0.3 is 31.9 Å². The summed E-state index contributed by atoms with van der Waals surface area (Å²) in [6, 6.07) is 4.64. The highest BCUT2D eigenvalue weighted by molar-refractivity contribution is 5.94. The Morgan fingerprint density at radius 1 is 0.897 bits per heavy atom. The van der Waals surface area contributed by atoms with Crippen LogP contribution >= 0.6 is 0 Å². The van der Waals surface area contributed by atoms with Crippen LogP contribution in [0.4, 0.5) is 0 Å². The Balaban J connectivity index is 2.64. The standard InChI is InChI=1S/C19H28N4O6/c1-10(21-17(26)14(20)9-13-7-5-4-6-8-13)16(25)23-15(12(3)24)18(27)22-11(2)19(28)29/h4-8,10-12,14-15,24H,9,20H2,1-3H3,(H,21,26)(H,22,27)(H,23,25)(H,28,29). The molecule has 7 N–H and O–H groups in total. The number of aliphatic hydroxyl groups excluding tert-OH is 1. The first kappa shape index (κ1) is 24.1. The lowest BCUT2D eigenvalue weighted by Gasteiger charge is -2.24. The van der Waals surface area contributed by atoms with Crippen LogP contribution < -0.4 is 21.7 Å². The number of nitrogens with two attached hydrogens (primary N) is 1. The first-order valence-corrected chi connectivity index (χ1v) is 9.14. The van der Waals surface area contributed by atoms with Crippen molar-refractivity contribution in [2.24, 2.45) is 5.73 Å². The fourth-order valence-corrected chi connectivity index (χ4v) is 2.40. The van der Waals surface area contributed by atoms with Crippen molar-refractivity contribution in [2.45, 2.75) is 57.5 Å². The maximum Gasteiger partial charge on any atom is 0.325 e. The number of carbonyl (C=O) groups excluding carboxylic acids is 3. The van der Waals surface area contributed by atoms with Gasteiger partial charge in [0.05, 0.1) is 12.1 Å². The average Bonchev–Trinajstić information content (AvgIpc) is 2.65. The molecule has 3 amide bonds. The molecule has 0 saturated heterocycles. The number of rotatable bonds is 10. The molecule has 10 nitrogen and oxygen atoms in total. The molecule has 160 valence electrons. The largest absolute Gasteiger partial charge is 0.480 e. The summed E-state index contributed by atoms with van der Waals surface area (Å²) in [4.78, 5) is 47.5. The van der Waals surface area contributed by atoms with E-state index in [1.807, 2.05) is 30.3 Å². The Morgan fingerprint density at radius 2 is 1.45 bits per heavy atom. The Morgan fingerprint density at radius 3 is 1.97 bits per heavy atom. The summed E-state index contributed by atoms with van der Waals surface area (Å²) in [5.41, 5.74) is 6.74. The molecule has 10 heteroatoms. The van der Waals surface area contributed by atoms with Gasteiger partial charge in [-0.2, -0.15) is 0 Å². The third kappa shape index (κ3) is 7.88. The molecule has 0 radical (unpaired) electrons. The number of carbonyl (C=O) groups is 4. The maximum absolute atomic E-state index is 12.3. The number of aliphatic carboxylic acids is 1. The Kier molecular flexibility index (Phi) is 9.23. The Labute approximate surface area is 168 Å². The van der Waals surface area contributed by atoms with Crippen molar-refractivity contribution in [3.8, 4) is 0 Å². The number of carboxylic acid groups (broad SMARTS) is 1. The molecule has 5 atom stereocenters. The van der Waals surface area contributed by atoms with E-state index in [9.17, 15) is 24.3 Å². The van der Waals surface area contributed by atoms with Crippen molar-refractivity contribution < 1.29 is 29.4 Å². The lowest BCUT2D eigenvalue weighted by Crippen LogP contribution is -2.59. The topological polar surface area (TPSA) is 171 Å². The molecule has 1 aromatic carbocycles. The molecular weight excluding hydrogens is 380 g/mol. The van der Waals surface area contributed by atoms with E-state index < -0.39 is 54.0 Å². The predicted octanol–water partition coefficient (Wildman–Crippen LogP) is -1.48. The molecule has 0 heterocycles. The van der Waals surface area contributed by atoms with E-state index >= 15 is 0 Å². The summed E-state index contributed by atoms with van der Waals surface area (Å²) < 4.78 is 0. The third-order valence-corrected chi connectivity index (χ3v) is 4.18. The van der Waals surface area contributed by atoms with Crippen molar-refractivity contribution >= 4 is 23.7 Å². The lowest BCUT2D eigenvalue weighted by molar-refractivity contribution is -0.142. The van der Waals surface area contributed by atoms with Crippen LogP contribution in [0.5, 0.6) is 0 Å². The number of carboxylic acids is 1. The van der Waals surface area contributed by atoms with Crippen LogP contribution in [0.1, 0.15) is 26.3 Å². The number of benzene rings is 1. The Hall–Kier alpha value is -2.98. The highest BCUT2D eigenvalue weighted by atomic mass is 16.4. The summed E-state index contributed by atoms with van der Waals surface area (Å²) in [6.07, 6.45) is -1.00. The van der Waals surface area contributed by atoms with Crippen molar-refractivity contribution in [2.75, 3.05) is 0 Å². The highest BCUT2D eigenvalue weighted by Crippen LogP contribution is 2.02. The van der Waals surface area contributed by atoms with Crippen LogP contribution in [0.2, 0.25) is 0 Å². The van der Waals surface area contributed by atoms with E-state index in [-0.39, 0.29) is 6.42 Å². The molecule has 0 aromatic heterocycles. The summed E-state index contributed by atoms with van der Waals surface area (Å²) in [7, 11) is 0. The number of aliphatic hydroxyl groups is 1. The van der Waals surface area contributed by atoms with Crippen LogP contribution in [-0.4, -0.2) is 64.2 Å². The van der Waals surface area contributed by atoms with Gasteiger partial charge in [-0.3, -0.25) is 19.2 Å². The van der Waals surface area contributed by atoms with Crippen LogP contribution in [0, 0.1) is 0 Å². The second-order valence-corrected chi connectivity index (χ2v) is 6.82. The van der Waals surface area contributed by atoms with Gasteiger partial charge >= 0.3 is 5.97 Å². The third-order valence-electron chi connectivity index (χ3n) is 4.18. The molecular formula is C19H28N4O6. The number of nitrogens with one attached hydrogen (secondary N) is 3. The van der Waals surface area contributed by atoms with Crippen LogP contribution in [0.15, 0.2) is 30.3 Å². The van der Waals surface area contributed by atoms with Gasteiger partial charge in [-0.05, 0) is 32.8 Å². The van der Waals surface area contributed by atoms with Gasteiger partial charge in [0.1, 0.15) is 18.1 Å². The minimum absolute atomic E-state index is 0.285. The zero-order valence-corrected chi connectivity index (χ0v) is 16.6. The molecule has 1 rings (SSSR count). The number of amides is 3. The molecule has 0 aliphatic rings. The first-order chi connectivity index (χ1) is 13.5. The van der Waals surface area contributed by atoms with Crippen LogP contribution in [0.25, 0.3) is 0 Å². The quantitative estimate of drug-likeness (QED) is 0.274. The van der Waals surface area contributed by atoms with E-state index in [0.717, 1.165) is 5.56 Å². The van der Waals surface area contributed by atoms with E-state index in [1.165, 1.54) is 20.8 Å². The van der Waals surface area contributed by atoms with Crippen LogP contribution in [0.3, 0.4) is 0 Å². The molecule has 0 fully saturated rings. The molecule has 1 aromatic rings. The van der Waals surface area contributed by atoms with Crippen molar-refractivity contribution in [1.29, 1.82) is 0 Å². The minimum Gasteiger partial charge on any atom is -0.480 e. The van der Waals surface area contributed by atoms with Gasteiger partial charge in [0.25, 0.3) is 0 Å². The summed E-state index contributed by atoms with van der Waals surface area (Å²) in [5, 5.41) is 25.6. The molecule has 0 aliphatic heterocycles. The van der Waals surface area contributed by atoms with Crippen molar-refractivity contribution in [3.63, 3.8) is 0 Å². The van der Waals surface area contributed by atoms with Gasteiger partial charge in [-0.25, -0.2) is 0 Å². The maximum atomic E-state index is 12.3. The summed E-state index contributed by atoms with van der Waals surface area (Å²) >= 11 is 0. The van der Waals surface area contributed by atoms with E-state index in [1.54, 1.807) is 0 Å². The number of hydrogen-bond acceptors (Lipinski definition) is 6. The fraction of sp³-hybridized carbons (Fsp3) is 0.474. The lowest BCUT2D eigenvalue weighted by atomic mass is 10.1.